The molecule has 5 heteroatoms. The molecule has 2 aliphatic rings. The third-order valence-electron chi connectivity index (χ3n) is 5.17. The quantitative estimate of drug-likeness (QED) is 0.328. The molecule has 1 nitrogen and oxygen atoms in total. The molecule has 0 heterocycles. The van der Waals surface area contributed by atoms with E-state index in [1.54, 1.807) is 5.57 Å². The van der Waals surface area contributed by atoms with E-state index in [1.165, 1.54) is 30.1 Å². The van der Waals surface area contributed by atoms with Crippen molar-refractivity contribution in [3.63, 3.8) is 0 Å². The van der Waals surface area contributed by atoms with Crippen LogP contribution in [0.5, 0.6) is 0 Å². The molecule has 0 aromatic heterocycles. The van der Waals surface area contributed by atoms with E-state index < -0.39 is 25.3 Å². The summed E-state index contributed by atoms with van der Waals surface area (Å²) < 4.78 is 0. The molecule has 2 aliphatic carbocycles. The number of nitrogens with zero attached hydrogens (tertiary/aromatic N) is 1. The van der Waals surface area contributed by atoms with Crippen LogP contribution in [0.4, 0.5) is 5.69 Å². The second kappa shape index (κ2) is 11.1. The first-order chi connectivity index (χ1) is 11.9. The van der Waals surface area contributed by atoms with Gasteiger partial charge in [0.05, 0.1) is 0 Å². The average Bonchev–Trinajstić information content (AvgIpc) is 2.91. The van der Waals surface area contributed by atoms with Gasteiger partial charge in [0.2, 0.25) is 0 Å². The fourth-order valence-electron chi connectivity index (χ4n) is 4.16. The molecule has 0 bridgehead atoms. The van der Waals surface area contributed by atoms with E-state index in [4.69, 9.17) is 23.6 Å². The van der Waals surface area contributed by atoms with Gasteiger partial charge in [0.25, 0.3) is 0 Å². The van der Waals surface area contributed by atoms with Crippen LogP contribution in [-0.4, -0.2) is 8.24 Å². The van der Waals surface area contributed by atoms with Crippen molar-refractivity contribution in [2.75, 3.05) is 0 Å². The molecule has 0 spiro atoms. The monoisotopic (exact) mass is 443 g/mol. The fourth-order valence-corrected chi connectivity index (χ4v) is 6.52. The molecule has 0 radical (unpaired) electrons. The molecule has 1 aromatic rings. The molecular weight excluding hydrogens is 413 g/mol. The summed E-state index contributed by atoms with van der Waals surface area (Å²) >= 11 is -0.556. The fraction of sp³-hybridized carbons (Fsp3) is 0.476. The van der Waals surface area contributed by atoms with E-state index in [0.717, 1.165) is 17.8 Å². The molecule has 0 aliphatic heterocycles. The molecule has 144 valence electrons. The predicted molar refractivity (Wildman–Crippen MR) is 117 cm³/mol. The molecule has 0 saturated heterocycles. The number of hydrogen-bond donors (Lipinski definition) is 0. The van der Waals surface area contributed by atoms with Crippen molar-refractivity contribution < 1.29 is 17.0 Å². The van der Waals surface area contributed by atoms with Gasteiger partial charge < -0.3 is 12.4 Å². The Morgan fingerprint density at radius 3 is 2.50 bits per heavy atom. The standard InChI is InChI=1S/C20H28NSi.CH3.2ClH.Ti/c1-15-12-17-9-7-10-18(19(17)13-15)14-22(3,4)21-20-11-6-5-8-16(20)2;;;;/h5-11,15,17,19H,12-14H2,1-4H3;1H3;2*1H;/q2*-1;;;+2/p-2. The zero-order valence-corrected chi connectivity index (χ0v) is 20.7. The number of rotatable bonds is 4. The number of aryl methyl sites for hydroxylation is 1. The first-order valence-electron chi connectivity index (χ1n) is 8.98. The Morgan fingerprint density at radius 1 is 1.19 bits per heavy atom. The van der Waals surface area contributed by atoms with Crippen LogP contribution in [0.3, 0.4) is 0 Å². The maximum atomic E-state index is 5.19. The average molecular weight is 444 g/mol. The van der Waals surface area contributed by atoms with Crippen LogP contribution >= 0.6 is 18.6 Å². The number of hydrogen-bond acceptors (Lipinski definition) is 0. The van der Waals surface area contributed by atoms with Gasteiger partial charge in [-0.3, -0.25) is 0 Å². The van der Waals surface area contributed by atoms with Crippen LogP contribution in [0.1, 0.15) is 25.3 Å². The summed E-state index contributed by atoms with van der Waals surface area (Å²) in [7, 11) is 8.16. The zero-order valence-electron chi connectivity index (χ0n) is 16.6. The summed E-state index contributed by atoms with van der Waals surface area (Å²) in [5.41, 5.74) is 4.17. The van der Waals surface area contributed by atoms with Crippen molar-refractivity contribution in [2.24, 2.45) is 17.8 Å². The number of benzene rings is 1. The van der Waals surface area contributed by atoms with Crippen molar-refractivity contribution >= 4 is 32.5 Å². The molecule has 0 amide bonds. The molecule has 1 saturated carbocycles. The van der Waals surface area contributed by atoms with Crippen molar-refractivity contribution in [1.29, 1.82) is 0 Å². The van der Waals surface area contributed by atoms with Crippen LogP contribution in [0.2, 0.25) is 19.1 Å². The SMILES string of the molecule is Cc1ccccc1[N-][Si](C)(C)CC1=CC=CC2CC(C)CC12.[CH3-].[Cl][Ti][Cl]. The van der Waals surface area contributed by atoms with E-state index >= 15 is 0 Å². The summed E-state index contributed by atoms with van der Waals surface area (Å²) in [6.07, 6.45) is 9.87. The van der Waals surface area contributed by atoms with Crippen LogP contribution in [0.15, 0.2) is 48.1 Å². The molecule has 26 heavy (non-hydrogen) atoms. The van der Waals surface area contributed by atoms with Crippen molar-refractivity contribution in [3.05, 3.63) is 66.0 Å². The Hall–Kier alpha value is 0.0112. The van der Waals surface area contributed by atoms with E-state index in [2.05, 4.69) is 69.4 Å². The minimum atomic E-state index is -1.62. The first-order valence-corrected chi connectivity index (χ1v) is 16.4. The van der Waals surface area contributed by atoms with Gasteiger partial charge in [-0.2, -0.15) is 0 Å². The second-order valence-corrected chi connectivity index (χ2v) is 14.7. The Kier molecular flexibility index (Phi) is 10.3. The summed E-state index contributed by atoms with van der Waals surface area (Å²) in [5, 5.41) is 0. The van der Waals surface area contributed by atoms with Crippen molar-refractivity contribution in [3.8, 4) is 0 Å². The molecule has 0 N–H and O–H groups in total. The summed E-state index contributed by atoms with van der Waals surface area (Å²) in [6.45, 7) is 9.39. The Bertz CT molecular complexity index is 630. The predicted octanol–water partition coefficient (Wildman–Crippen LogP) is 8.19. The minimum absolute atomic E-state index is 0. The van der Waals surface area contributed by atoms with Gasteiger partial charge in [-0.25, -0.2) is 0 Å². The van der Waals surface area contributed by atoms with Crippen LogP contribution in [0, 0.1) is 32.1 Å². The summed E-state index contributed by atoms with van der Waals surface area (Å²) in [5.74, 6) is 2.45. The van der Waals surface area contributed by atoms with E-state index in [1.807, 2.05) is 0 Å². The third-order valence-corrected chi connectivity index (χ3v) is 7.29. The van der Waals surface area contributed by atoms with Gasteiger partial charge in [-0.1, -0.05) is 79.7 Å². The van der Waals surface area contributed by atoms with E-state index in [9.17, 15) is 0 Å². The third kappa shape index (κ3) is 6.87. The summed E-state index contributed by atoms with van der Waals surface area (Å²) in [6, 6.07) is 9.75. The number of fused-ring (bicyclic) bond motifs is 1. The van der Waals surface area contributed by atoms with Gasteiger partial charge in [0.15, 0.2) is 0 Å². The van der Waals surface area contributed by atoms with Gasteiger partial charge in [-0.15, -0.1) is 5.69 Å². The molecular formula is C21H31Cl2NSiTi-2. The van der Waals surface area contributed by atoms with Crippen LogP contribution in [-0.2, 0) is 17.0 Å². The molecule has 1 fully saturated rings. The summed E-state index contributed by atoms with van der Waals surface area (Å²) in [4.78, 5) is 5.19. The molecule has 1 aromatic carbocycles. The first kappa shape index (κ1) is 24.0. The topological polar surface area (TPSA) is 14.1 Å². The maximum absolute atomic E-state index is 5.19. The molecule has 3 atom stereocenters. The van der Waals surface area contributed by atoms with Crippen LogP contribution < -0.4 is 0 Å². The molecule has 3 rings (SSSR count). The van der Waals surface area contributed by atoms with Gasteiger partial charge in [0, 0.05) is 0 Å². The van der Waals surface area contributed by atoms with Gasteiger partial charge >= 0.3 is 35.6 Å². The van der Waals surface area contributed by atoms with Gasteiger partial charge in [-0.05, 0) is 45.8 Å². The Morgan fingerprint density at radius 2 is 1.85 bits per heavy atom. The van der Waals surface area contributed by atoms with E-state index in [0.29, 0.717) is 0 Å². The number of halogens is 2. The van der Waals surface area contributed by atoms with Crippen molar-refractivity contribution in [1.82, 2.24) is 0 Å². The Labute approximate surface area is 178 Å². The Balaban J connectivity index is 0.000000791. The van der Waals surface area contributed by atoms with Crippen LogP contribution in [0.25, 0.3) is 4.98 Å². The molecule has 3 unspecified atom stereocenters. The second-order valence-electron chi connectivity index (χ2n) is 7.93. The van der Waals surface area contributed by atoms with Crippen molar-refractivity contribution in [2.45, 2.75) is 45.8 Å². The van der Waals surface area contributed by atoms with E-state index in [-0.39, 0.29) is 7.43 Å². The van der Waals surface area contributed by atoms with Gasteiger partial charge in [0.1, 0.15) is 0 Å². The normalized spacial score (nSPS) is 23.8. The number of allylic oxidation sites excluding steroid dienone is 4. The zero-order chi connectivity index (χ0) is 18.4.